The maximum absolute atomic E-state index is 13.0. The summed E-state index contributed by atoms with van der Waals surface area (Å²) in [5.41, 5.74) is 5.52. The number of hydrogen-bond acceptors (Lipinski definition) is 4. The molecule has 5 rings (SSSR count). The molecule has 36 heavy (non-hydrogen) atoms. The maximum Gasteiger partial charge on any atom is 0.253 e. The standard InChI is InChI=1S/C30H30ClN3O2/c1-30(2,3)28-17-19(6-11-33-28)26-15-21(14-22-18-32-10-7-24(22)26)25-5-4-20(16-27(25)31)29(36)34-12-8-23(35)9-13-34/h4-7,10-11,14-18,23,35H,8-9,12-13H2,1-3H3. The molecule has 1 fully saturated rings. The molecule has 184 valence electrons. The molecular formula is C30H30ClN3O2. The molecular weight excluding hydrogens is 470 g/mol. The molecule has 2 aromatic heterocycles. The van der Waals surface area contributed by atoms with E-state index in [4.69, 9.17) is 11.6 Å². The molecule has 0 bridgehead atoms. The maximum atomic E-state index is 13.0. The van der Waals surface area contributed by atoms with Gasteiger partial charge in [0.2, 0.25) is 0 Å². The summed E-state index contributed by atoms with van der Waals surface area (Å²) in [6.07, 6.45) is 6.43. The quantitative estimate of drug-likeness (QED) is 0.349. The average Bonchev–Trinajstić information content (AvgIpc) is 2.87. The number of piperidine rings is 1. The Morgan fingerprint density at radius 1 is 0.972 bits per heavy atom. The van der Waals surface area contributed by atoms with Crippen LogP contribution in [0.4, 0.5) is 0 Å². The van der Waals surface area contributed by atoms with Crippen molar-refractivity contribution in [2.24, 2.45) is 0 Å². The molecule has 0 unspecified atom stereocenters. The number of pyridine rings is 2. The van der Waals surface area contributed by atoms with Crippen molar-refractivity contribution in [2.75, 3.05) is 13.1 Å². The van der Waals surface area contributed by atoms with E-state index in [1.165, 1.54) is 0 Å². The van der Waals surface area contributed by atoms with Crippen LogP contribution in [0.1, 0.15) is 49.7 Å². The topological polar surface area (TPSA) is 66.3 Å². The second-order valence-electron chi connectivity index (χ2n) is 10.5. The van der Waals surface area contributed by atoms with Gasteiger partial charge in [0, 0.05) is 64.3 Å². The summed E-state index contributed by atoms with van der Waals surface area (Å²) in [5.74, 6) is -0.0507. The Morgan fingerprint density at radius 3 is 2.47 bits per heavy atom. The number of amides is 1. The number of benzene rings is 2. The van der Waals surface area contributed by atoms with Crippen LogP contribution in [0.2, 0.25) is 5.02 Å². The largest absolute Gasteiger partial charge is 0.393 e. The molecule has 1 aliphatic rings. The predicted molar refractivity (Wildman–Crippen MR) is 145 cm³/mol. The highest BCUT2D eigenvalue weighted by atomic mass is 35.5. The molecule has 1 saturated heterocycles. The summed E-state index contributed by atoms with van der Waals surface area (Å²) in [6.45, 7) is 7.59. The number of rotatable bonds is 3. The zero-order chi connectivity index (χ0) is 25.4. The molecule has 0 aliphatic carbocycles. The molecule has 2 aromatic carbocycles. The fraction of sp³-hybridized carbons (Fsp3) is 0.300. The zero-order valence-corrected chi connectivity index (χ0v) is 21.6. The van der Waals surface area contributed by atoms with E-state index >= 15 is 0 Å². The molecule has 3 heterocycles. The van der Waals surface area contributed by atoms with Crippen molar-refractivity contribution >= 4 is 28.3 Å². The monoisotopic (exact) mass is 499 g/mol. The highest BCUT2D eigenvalue weighted by molar-refractivity contribution is 6.33. The number of fused-ring (bicyclic) bond motifs is 1. The van der Waals surface area contributed by atoms with E-state index in [0.29, 0.717) is 36.5 Å². The minimum absolute atomic E-state index is 0.0507. The van der Waals surface area contributed by atoms with Gasteiger partial charge < -0.3 is 10.0 Å². The van der Waals surface area contributed by atoms with Crippen molar-refractivity contribution in [1.82, 2.24) is 14.9 Å². The van der Waals surface area contributed by atoms with E-state index in [1.807, 2.05) is 42.9 Å². The molecule has 0 radical (unpaired) electrons. The summed E-state index contributed by atoms with van der Waals surface area (Å²) >= 11 is 6.77. The van der Waals surface area contributed by atoms with E-state index in [-0.39, 0.29) is 17.4 Å². The second kappa shape index (κ2) is 9.64. The summed E-state index contributed by atoms with van der Waals surface area (Å²) in [7, 11) is 0. The summed E-state index contributed by atoms with van der Waals surface area (Å²) in [5, 5.41) is 12.4. The van der Waals surface area contributed by atoms with Crippen LogP contribution >= 0.6 is 11.6 Å². The van der Waals surface area contributed by atoms with Crippen LogP contribution in [0.3, 0.4) is 0 Å². The SMILES string of the molecule is CC(C)(C)c1cc(-c2cc(-c3ccc(C(=O)N4CCC(O)CC4)cc3Cl)cc3cnccc23)ccn1. The van der Waals surface area contributed by atoms with Crippen molar-refractivity contribution in [2.45, 2.75) is 45.1 Å². The fourth-order valence-electron chi connectivity index (χ4n) is 4.75. The Bertz CT molecular complexity index is 1440. The minimum Gasteiger partial charge on any atom is -0.393 e. The first-order valence-electron chi connectivity index (χ1n) is 12.3. The predicted octanol–water partition coefficient (Wildman–Crippen LogP) is 6.51. The van der Waals surface area contributed by atoms with Crippen LogP contribution in [0.25, 0.3) is 33.0 Å². The Morgan fingerprint density at radius 2 is 1.75 bits per heavy atom. The third-order valence-electron chi connectivity index (χ3n) is 6.87. The fourth-order valence-corrected chi connectivity index (χ4v) is 5.04. The van der Waals surface area contributed by atoms with Gasteiger partial charge in [0.25, 0.3) is 5.91 Å². The summed E-state index contributed by atoms with van der Waals surface area (Å²) in [6, 6.07) is 16.0. The second-order valence-corrected chi connectivity index (χ2v) is 10.9. The molecule has 1 N–H and O–H groups in total. The van der Waals surface area contributed by atoms with Gasteiger partial charge in [0.1, 0.15) is 0 Å². The van der Waals surface area contributed by atoms with Crippen LogP contribution in [-0.2, 0) is 5.41 Å². The van der Waals surface area contributed by atoms with Crippen molar-refractivity contribution < 1.29 is 9.90 Å². The number of aliphatic hydroxyl groups is 1. The lowest BCUT2D eigenvalue weighted by molar-refractivity contribution is 0.0546. The van der Waals surface area contributed by atoms with E-state index in [0.717, 1.165) is 38.7 Å². The third kappa shape index (κ3) is 4.86. The first-order chi connectivity index (χ1) is 17.2. The van der Waals surface area contributed by atoms with Gasteiger partial charge in [-0.25, -0.2) is 0 Å². The molecule has 0 spiro atoms. The molecule has 4 aromatic rings. The van der Waals surface area contributed by atoms with Gasteiger partial charge in [-0.3, -0.25) is 14.8 Å². The van der Waals surface area contributed by atoms with Crippen LogP contribution < -0.4 is 0 Å². The molecule has 0 saturated carbocycles. The number of aromatic nitrogens is 2. The Kier molecular flexibility index (Phi) is 6.54. The lowest BCUT2D eigenvalue weighted by atomic mass is 9.88. The van der Waals surface area contributed by atoms with Crippen LogP contribution in [0.15, 0.2) is 67.1 Å². The first-order valence-corrected chi connectivity index (χ1v) is 12.7. The summed E-state index contributed by atoms with van der Waals surface area (Å²) in [4.78, 5) is 23.7. The number of aliphatic hydroxyl groups excluding tert-OH is 1. The van der Waals surface area contributed by atoms with Crippen molar-refractivity contribution in [1.29, 1.82) is 0 Å². The van der Waals surface area contributed by atoms with E-state index in [9.17, 15) is 9.90 Å². The zero-order valence-electron chi connectivity index (χ0n) is 20.8. The summed E-state index contributed by atoms with van der Waals surface area (Å²) < 4.78 is 0. The Labute approximate surface area is 216 Å². The molecule has 5 nitrogen and oxygen atoms in total. The van der Waals surface area contributed by atoms with Gasteiger partial charge in [0.05, 0.1) is 6.10 Å². The van der Waals surface area contributed by atoms with Gasteiger partial charge in [0.15, 0.2) is 0 Å². The highest BCUT2D eigenvalue weighted by Crippen LogP contribution is 2.37. The van der Waals surface area contributed by atoms with E-state index < -0.39 is 0 Å². The van der Waals surface area contributed by atoms with Gasteiger partial charge in [-0.05, 0) is 77.4 Å². The van der Waals surface area contributed by atoms with Crippen molar-refractivity contribution in [3.05, 3.63) is 83.4 Å². The van der Waals surface area contributed by atoms with Crippen molar-refractivity contribution in [3.63, 3.8) is 0 Å². The number of carbonyl (C=O) groups is 1. The van der Waals surface area contributed by atoms with Crippen LogP contribution in [-0.4, -0.2) is 45.1 Å². The number of nitrogens with zero attached hydrogens (tertiary/aromatic N) is 3. The Balaban J connectivity index is 1.56. The number of hydrogen-bond donors (Lipinski definition) is 1. The lowest BCUT2D eigenvalue weighted by Crippen LogP contribution is -2.40. The number of carbonyl (C=O) groups excluding carboxylic acids is 1. The normalized spacial score (nSPS) is 14.9. The number of likely N-dealkylation sites (tertiary alicyclic amines) is 1. The van der Waals surface area contributed by atoms with Crippen molar-refractivity contribution in [3.8, 4) is 22.3 Å². The number of halogens is 1. The highest BCUT2D eigenvalue weighted by Gasteiger charge is 2.23. The van der Waals surface area contributed by atoms with Gasteiger partial charge in [-0.1, -0.05) is 38.4 Å². The van der Waals surface area contributed by atoms with Crippen LogP contribution in [0.5, 0.6) is 0 Å². The first kappa shape index (κ1) is 24.4. The lowest BCUT2D eigenvalue weighted by Gasteiger charge is -2.29. The third-order valence-corrected chi connectivity index (χ3v) is 7.18. The van der Waals surface area contributed by atoms with Crippen LogP contribution in [0, 0.1) is 0 Å². The molecule has 1 aliphatic heterocycles. The van der Waals surface area contributed by atoms with E-state index in [1.54, 1.807) is 11.0 Å². The van der Waals surface area contributed by atoms with Gasteiger partial charge in [-0.15, -0.1) is 0 Å². The van der Waals surface area contributed by atoms with Gasteiger partial charge >= 0.3 is 0 Å². The minimum atomic E-state index is -0.323. The molecule has 0 atom stereocenters. The smallest absolute Gasteiger partial charge is 0.253 e. The van der Waals surface area contributed by atoms with Gasteiger partial charge in [-0.2, -0.15) is 0 Å². The molecule has 6 heteroatoms. The average molecular weight is 500 g/mol. The Hall–Kier alpha value is -3.28. The molecule has 1 amide bonds. The van der Waals surface area contributed by atoms with E-state index in [2.05, 4.69) is 48.9 Å².